The molecule has 0 radical (unpaired) electrons. The number of nitrogens with one attached hydrogen (secondary N) is 1. The van der Waals surface area contributed by atoms with Gasteiger partial charge in [0.05, 0.1) is 22.9 Å². The fraction of sp³-hybridized carbons (Fsp3) is 0.111. The smallest absolute Gasteiger partial charge is 0.0946 e. The molecule has 1 aromatic heterocycles. The maximum atomic E-state index is 5.97. The molecule has 0 fully saturated rings. The van der Waals surface area contributed by atoms with Crippen LogP contribution in [0.4, 0.5) is 5.69 Å². The molecule has 0 atom stereocenters. The maximum absolute atomic E-state index is 5.97. The van der Waals surface area contributed by atoms with E-state index in [1.807, 2.05) is 29.6 Å². The highest BCUT2D eigenvalue weighted by Gasteiger charge is 1.99. The van der Waals surface area contributed by atoms with Crippen molar-refractivity contribution >= 4 is 28.8 Å². The predicted octanol–water partition coefficient (Wildman–Crippen LogP) is 2.80. The minimum atomic E-state index is 0.653. The molecule has 0 saturated carbocycles. The van der Waals surface area contributed by atoms with Crippen LogP contribution in [0.5, 0.6) is 0 Å². The standard InChI is InChI=1S/C9H8ClN3S/c10-8-3-1-2-4-9(8)11-5-7-6-14-13-12-7/h1-4,6,11H,5H2. The van der Waals surface area contributed by atoms with E-state index in [1.165, 1.54) is 11.5 Å². The number of aromatic nitrogens is 2. The Labute approximate surface area is 90.9 Å². The molecule has 0 saturated heterocycles. The lowest BCUT2D eigenvalue weighted by molar-refractivity contribution is 0.999. The van der Waals surface area contributed by atoms with Gasteiger partial charge in [0.2, 0.25) is 0 Å². The molecule has 0 bridgehead atoms. The summed E-state index contributed by atoms with van der Waals surface area (Å²) in [6.07, 6.45) is 0. The van der Waals surface area contributed by atoms with Crippen molar-refractivity contribution in [3.8, 4) is 0 Å². The molecule has 0 aliphatic heterocycles. The van der Waals surface area contributed by atoms with E-state index < -0.39 is 0 Å². The lowest BCUT2D eigenvalue weighted by atomic mass is 10.3. The number of rotatable bonds is 3. The van der Waals surface area contributed by atoms with Crippen LogP contribution >= 0.6 is 23.1 Å². The van der Waals surface area contributed by atoms with Crippen molar-refractivity contribution in [3.05, 3.63) is 40.4 Å². The van der Waals surface area contributed by atoms with Gasteiger partial charge in [-0.1, -0.05) is 28.2 Å². The van der Waals surface area contributed by atoms with Crippen molar-refractivity contribution in [3.63, 3.8) is 0 Å². The molecule has 0 amide bonds. The summed E-state index contributed by atoms with van der Waals surface area (Å²) in [4.78, 5) is 0. The zero-order valence-corrected chi connectivity index (χ0v) is 8.85. The fourth-order valence-corrected chi connectivity index (χ4v) is 1.71. The highest BCUT2D eigenvalue weighted by molar-refractivity contribution is 7.03. The third-order valence-corrected chi connectivity index (χ3v) is 2.62. The zero-order chi connectivity index (χ0) is 9.80. The van der Waals surface area contributed by atoms with Crippen LogP contribution < -0.4 is 5.32 Å². The van der Waals surface area contributed by atoms with Crippen molar-refractivity contribution in [1.82, 2.24) is 9.59 Å². The lowest BCUT2D eigenvalue weighted by Gasteiger charge is -2.05. The van der Waals surface area contributed by atoms with Crippen LogP contribution in [0.1, 0.15) is 5.69 Å². The average Bonchev–Trinajstić information content (AvgIpc) is 2.69. The predicted molar refractivity (Wildman–Crippen MR) is 58.7 cm³/mol. The summed E-state index contributed by atoms with van der Waals surface area (Å²) < 4.78 is 3.78. The summed E-state index contributed by atoms with van der Waals surface area (Å²) in [5.41, 5.74) is 1.84. The van der Waals surface area contributed by atoms with E-state index in [4.69, 9.17) is 11.6 Å². The number of nitrogens with zero attached hydrogens (tertiary/aromatic N) is 2. The van der Waals surface area contributed by atoms with E-state index in [0.717, 1.165) is 16.4 Å². The first-order valence-corrected chi connectivity index (χ1v) is 5.32. The van der Waals surface area contributed by atoms with Gasteiger partial charge in [0.1, 0.15) is 0 Å². The van der Waals surface area contributed by atoms with Crippen LogP contribution in [-0.2, 0) is 6.54 Å². The van der Waals surface area contributed by atoms with Crippen molar-refractivity contribution < 1.29 is 0 Å². The Kier molecular flexibility index (Phi) is 2.96. The largest absolute Gasteiger partial charge is 0.378 e. The van der Waals surface area contributed by atoms with Crippen LogP contribution in [0.25, 0.3) is 0 Å². The SMILES string of the molecule is Clc1ccccc1NCc1csnn1. The average molecular weight is 226 g/mol. The zero-order valence-electron chi connectivity index (χ0n) is 7.27. The molecule has 72 valence electrons. The van der Waals surface area contributed by atoms with Crippen molar-refractivity contribution in [2.24, 2.45) is 0 Å². The van der Waals surface area contributed by atoms with E-state index in [-0.39, 0.29) is 0 Å². The first-order chi connectivity index (χ1) is 6.86. The summed E-state index contributed by atoms with van der Waals surface area (Å²) in [6, 6.07) is 7.62. The number of hydrogen-bond donors (Lipinski definition) is 1. The molecule has 2 rings (SSSR count). The summed E-state index contributed by atoms with van der Waals surface area (Å²) in [6.45, 7) is 0.653. The quantitative estimate of drug-likeness (QED) is 0.873. The minimum absolute atomic E-state index is 0.653. The van der Waals surface area contributed by atoms with Crippen LogP contribution in [0.3, 0.4) is 0 Å². The normalized spacial score (nSPS) is 10.1. The Morgan fingerprint density at radius 2 is 2.21 bits per heavy atom. The monoisotopic (exact) mass is 225 g/mol. The van der Waals surface area contributed by atoms with Gasteiger partial charge in [-0.3, -0.25) is 0 Å². The summed E-state index contributed by atoms with van der Waals surface area (Å²) in [5.74, 6) is 0. The molecule has 0 aliphatic rings. The van der Waals surface area contributed by atoms with Crippen molar-refractivity contribution in [2.75, 3.05) is 5.32 Å². The molecule has 2 aromatic rings. The molecular weight excluding hydrogens is 218 g/mol. The van der Waals surface area contributed by atoms with Gasteiger partial charge in [-0.25, -0.2) is 0 Å². The van der Waals surface area contributed by atoms with Crippen LogP contribution in [0.15, 0.2) is 29.6 Å². The van der Waals surface area contributed by atoms with Gasteiger partial charge in [-0.05, 0) is 23.7 Å². The third kappa shape index (κ3) is 2.21. The summed E-state index contributed by atoms with van der Waals surface area (Å²) >= 11 is 7.31. The molecule has 5 heteroatoms. The maximum Gasteiger partial charge on any atom is 0.0946 e. The Bertz CT molecular complexity index is 402. The Morgan fingerprint density at radius 3 is 2.93 bits per heavy atom. The molecule has 1 aromatic carbocycles. The minimum Gasteiger partial charge on any atom is -0.378 e. The van der Waals surface area contributed by atoms with Crippen LogP contribution in [0.2, 0.25) is 5.02 Å². The van der Waals surface area contributed by atoms with E-state index in [1.54, 1.807) is 0 Å². The molecule has 14 heavy (non-hydrogen) atoms. The van der Waals surface area contributed by atoms with E-state index in [9.17, 15) is 0 Å². The fourth-order valence-electron chi connectivity index (χ4n) is 1.05. The molecule has 3 nitrogen and oxygen atoms in total. The first kappa shape index (κ1) is 9.43. The Morgan fingerprint density at radius 1 is 1.36 bits per heavy atom. The van der Waals surface area contributed by atoms with Gasteiger partial charge in [0, 0.05) is 5.38 Å². The second-order valence-electron chi connectivity index (χ2n) is 2.73. The molecule has 1 N–H and O–H groups in total. The van der Waals surface area contributed by atoms with Crippen molar-refractivity contribution in [2.45, 2.75) is 6.54 Å². The highest BCUT2D eigenvalue weighted by Crippen LogP contribution is 2.20. The third-order valence-electron chi connectivity index (χ3n) is 1.74. The molecule has 0 spiro atoms. The summed E-state index contributed by atoms with van der Waals surface area (Å²) in [5, 5.41) is 9.74. The highest BCUT2D eigenvalue weighted by atomic mass is 35.5. The number of anilines is 1. The van der Waals surface area contributed by atoms with Crippen LogP contribution in [0, 0.1) is 0 Å². The van der Waals surface area contributed by atoms with Gasteiger partial charge >= 0.3 is 0 Å². The molecule has 0 unspecified atom stereocenters. The first-order valence-electron chi connectivity index (χ1n) is 4.10. The lowest BCUT2D eigenvalue weighted by Crippen LogP contribution is -1.99. The number of benzene rings is 1. The Hall–Kier alpha value is -1.13. The summed E-state index contributed by atoms with van der Waals surface area (Å²) in [7, 11) is 0. The van der Waals surface area contributed by atoms with Crippen LogP contribution in [-0.4, -0.2) is 9.59 Å². The second-order valence-corrected chi connectivity index (χ2v) is 3.75. The van der Waals surface area contributed by atoms with Gasteiger partial charge in [-0.2, -0.15) is 0 Å². The number of hydrogen-bond acceptors (Lipinski definition) is 4. The number of halogens is 1. The van der Waals surface area contributed by atoms with Gasteiger partial charge in [-0.15, -0.1) is 5.10 Å². The van der Waals surface area contributed by atoms with Gasteiger partial charge in [0.15, 0.2) is 0 Å². The molecular formula is C9H8ClN3S. The topological polar surface area (TPSA) is 37.8 Å². The molecule has 0 aliphatic carbocycles. The second kappa shape index (κ2) is 4.39. The van der Waals surface area contributed by atoms with E-state index >= 15 is 0 Å². The van der Waals surface area contributed by atoms with E-state index in [0.29, 0.717) is 6.54 Å². The number of para-hydroxylation sites is 1. The van der Waals surface area contributed by atoms with Crippen molar-refractivity contribution in [1.29, 1.82) is 0 Å². The molecule has 1 heterocycles. The Balaban J connectivity index is 2.02. The van der Waals surface area contributed by atoms with Gasteiger partial charge < -0.3 is 5.32 Å². The van der Waals surface area contributed by atoms with Gasteiger partial charge in [0.25, 0.3) is 0 Å². The van der Waals surface area contributed by atoms with E-state index in [2.05, 4.69) is 14.9 Å².